The van der Waals surface area contributed by atoms with E-state index in [-0.39, 0.29) is 5.91 Å². The van der Waals surface area contributed by atoms with Crippen LogP contribution in [0.1, 0.15) is 6.92 Å². The highest BCUT2D eigenvalue weighted by Crippen LogP contribution is 2.24. The van der Waals surface area contributed by atoms with Gasteiger partial charge in [-0.05, 0) is 37.3 Å². The molecule has 9 heteroatoms. The first-order chi connectivity index (χ1) is 12.0. The first-order valence-corrected chi connectivity index (χ1v) is 8.27. The first-order valence-electron chi connectivity index (χ1n) is 7.39. The van der Waals surface area contributed by atoms with Gasteiger partial charge in [0.2, 0.25) is 16.9 Å². The van der Waals surface area contributed by atoms with Crippen molar-refractivity contribution >= 4 is 23.4 Å². The van der Waals surface area contributed by atoms with Crippen LogP contribution < -0.4 is 11.2 Å². The van der Waals surface area contributed by atoms with E-state index < -0.39 is 11.1 Å². The van der Waals surface area contributed by atoms with E-state index in [1.807, 2.05) is 6.07 Å². The molecule has 0 spiro atoms. The summed E-state index contributed by atoms with van der Waals surface area (Å²) < 4.78 is 14.5. The SMILES string of the molecule is CC(Sc1nnc(-c2ccccn2)n1N)C(=O)Nc1cccc(F)c1. The highest BCUT2D eigenvalue weighted by Gasteiger charge is 2.20. The van der Waals surface area contributed by atoms with Crippen molar-refractivity contribution in [3.8, 4) is 11.5 Å². The second-order valence-electron chi connectivity index (χ2n) is 5.15. The summed E-state index contributed by atoms with van der Waals surface area (Å²) in [4.78, 5) is 16.4. The Balaban J connectivity index is 1.70. The number of thioether (sulfide) groups is 1. The maximum Gasteiger partial charge on any atom is 0.237 e. The predicted octanol–water partition coefficient (Wildman–Crippen LogP) is 2.31. The molecule has 0 aliphatic rings. The van der Waals surface area contributed by atoms with Crippen LogP contribution in [0.2, 0.25) is 0 Å². The zero-order chi connectivity index (χ0) is 17.8. The third kappa shape index (κ3) is 3.94. The van der Waals surface area contributed by atoms with Crippen LogP contribution in [0.15, 0.2) is 53.8 Å². The number of anilines is 1. The van der Waals surface area contributed by atoms with Crippen LogP contribution in [0.3, 0.4) is 0 Å². The molecular formula is C16H15FN6OS. The molecule has 0 bridgehead atoms. The summed E-state index contributed by atoms with van der Waals surface area (Å²) in [6.45, 7) is 1.70. The van der Waals surface area contributed by atoms with Crippen molar-refractivity contribution in [2.24, 2.45) is 0 Å². The summed E-state index contributed by atoms with van der Waals surface area (Å²) in [5, 5.41) is 10.5. The number of aromatic nitrogens is 4. The highest BCUT2D eigenvalue weighted by atomic mass is 32.2. The Kier molecular flexibility index (Phi) is 4.94. The van der Waals surface area contributed by atoms with E-state index in [9.17, 15) is 9.18 Å². The molecule has 3 aromatic rings. The fraction of sp³-hybridized carbons (Fsp3) is 0.125. The van der Waals surface area contributed by atoms with Gasteiger partial charge in [0.1, 0.15) is 11.5 Å². The molecule has 128 valence electrons. The Morgan fingerprint density at radius 2 is 2.12 bits per heavy atom. The van der Waals surface area contributed by atoms with E-state index in [2.05, 4.69) is 20.5 Å². The van der Waals surface area contributed by atoms with E-state index in [0.717, 1.165) is 11.8 Å². The molecule has 3 rings (SSSR count). The van der Waals surface area contributed by atoms with Crippen molar-refractivity contribution in [2.75, 3.05) is 11.2 Å². The molecule has 3 N–H and O–H groups in total. The Morgan fingerprint density at radius 1 is 1.28 bits per heavy atom. The quantitative estimate of drug-likeness (QED) is 0.536. The molecule has 2 heterocycles. The smallest absolute Gasteiger partial charge is 0.237 e. The lowest BCUT2D eigenvalue weighted by molar-refractivity contribution is -0.115. The number of nitrogen functional groups attached to an aromatic ring is 1. The van der Waals surface area contributed by atoms with Gasteiger partial charge in [-0.2, -0.15) is 0 Å². The second kappa shape index (κ2) is 7.31. The van der Waals surface area contributed by atoms with Gasteiger partial charge in [0.15, 0.2) is 0 Å². The molecule has 1 amide bonds. The Hall–Kier alpha value is -2.94. The lowest BCUT2D eigenvalue weighted by Crippen LogP contribution is -2.23. The molecule has 0 saturated heterocycles. The largest absolute Gasteiger partial charge is 0.335 e. The van der Waals surface area contributed by atoms with Gasteiger partial charge in [-0.1, -0.05) is 23.9 Å². The van der Waals surface area contributed by atoms with E-state index in [4.69, 9.17) is 5.84 Å². The number of nitrogens with two attached hydrogens (primary N) is 1. The summed E-state index contributed by atoms with van der Waals surface area (Å²) in [5.74, 6) is 5.70. The Bertz CT molecular complexity index is 885. The predicted molar refractivity (Wildman–Crippen MR) is 93.8 cm³/mol. The lowest BCUT2D eigenvalue weighted by Gasteiger charge is -2.11. The minimum Gasteiger partial charge on any atom is -0.335 e. The summed E-state index contributed by atoms with van der Waals surface area (Å²) in [5.41, 5.74) is 0.974. The summed E-state index contributed by atoms with van der Waals surface area (Å²) >= 11 is 1.15. The van der Waals surface area contributed by atoms with Crippen LogP contribution in [0.25, 0.3) is 11.5 Å². The lowest BCUT2D eigenvalue weighted by atomic mass is 10.3. The molecule has 1 aromatic carbocycles. The average molecular weight is 358 g/mol. The van der Waals surface area contributed by atoms with E-state index >= 15 is 0 Å². The topological polar surface area (TPSA) is 98.7 Å². The highest BCUT2D eigenvalue weighted by molar-refractivity contribution is 8.00. The van der Waals surface area contributed by atoms with Crippen LogP contribution in [0.4, 0.5) is 10.1 Å². The standard InChI is InChI=1S/C16H15FN6OS/c1-10(15(24)20-12-6-4-5-11(17)9-12)25-16-22-21-14(23(16)18)13-7-2-3-8-19-13/h2-10H,18H2,1H3,(H,20,24). The van der Waals surface area contributed by atoms with Gasteiger partial charge in [0.05, 0.1) is 5.25 Å². The van der Waals surface area contributed by atoms with Gasteiger partial charge in [-0.15, -0.1) is 10.2 Å². The number of carbonyl (C=O) groups is 1. The van der Waals surface area contributed by atoms with E-state index in [1.54, 1.807) is 31.3 Å². The minimum atomic E-state index is -0.508. The minimum absolute atomic E-state index is 0.294. The number of carbonyl (C=O) groups excluding carboxylic acids is 1. The number of nitrogens with one attached hydrogen (secondary N) is 1. The van der Waals surface area contributed by atoms with Crippen LogP contribution in [-0.2, 0) is 4.79 Å². The van der Waals surface area contributed by atoms with Crippen molar-refractivity contribution < 1.29 is 9.18 Å². The number of benzene rings is 1. The molecule has 0 saturated carbocycles. The summed E-state index contributed by atoms with van der Waals surface area (Å²) in [6, 6.07) is 11.1. The van der Waals surface area contributed by atoms with Crippen LogP contribution in [0, 0.1) is 5.82 Å². The third-order valence-electron chi connectivity index (χ3n) is 3.30. The van der Waals surface area contributed by atoms with Gasteiger partial charge in [0.25, 0.3) is 0 Å². The van der Waals surface area contributed by atoms with Gasteiger partial charge < -0.3 is 11.2 Å². The van der Waals surface area contributed by atoms with Crippen molar-refractivity contribution in [3.05, 3.63) is 54.5 Å². The van der Waals surface area contributed by atoms with Gasteiger partial charge in [0, 0.05) is 11.9 Å². The van der Waals surface area contributed by atoms with E-state index in [0.29, 0.717) is 22.4 Å². The molecular weight excluding hydrogens is 343 g/mol. The Morgan fingerprint density at radius 3 is 2.84 bits per heavy atom. The number of hydrogen-bond acceptors (Lipinski definition) is 6. The number of amides is 1. The number of pyridine rings is 1. The fourth-order valence-electron chi connectivity index (χ4n) is 2.05. The maximum atomic E-state index is 13.2. The molecule has 0 fully saturated rings. The molecule has 1 unspecified atom stereocenters. The monoisotopic (exact) mass is 358 g/mol. The number of rotatable bonds is 5. The molecule has 2 aromatic heterocycles. The van der Waals surface area contributed by atoms with Gasteiger partial charge in [-0.3, -0.25) is 9.78 Å². The summed E-state index contributed by atoms with van der Waals surface area (Å²) in [7, 11) is 0. The second-order valence-corrected chi connectivity index (χ2v) is 6.46. The van der Waals surface area contributed by atoms with Crippen LogP contribution in [0.5, 0.6) is 0 Å². The molecule has 0 radical (unpaired) electrons. The fourth-order valence-corrected chi connectivity index (χ4v) is 2.82. The zero-order valence-electron chi connectivity index (χ0n) is 13.3. The van der Waals surface area contributed by atoms with Crippen molar-refractivity contribution in [1.29, 1.82) is 0 Å². The summed E-state index contributed by atoms with van der Waals surface area (Å²) in [6.07, 6.45) is 1.63. The maximum absolute atomic E-state index is 13.2. The molecule has 0 aliphatic carbocycles. The Labute approximate surface area is 147 Å². The van der Waals surface area contributed by atoms with Gasteiger partial charge >= 0.3 is 0 Å². The van der Waals surface area contributed by atoms with Crippen LogP contribution in [-0.4, -0.2) is 31.0 Å². The number of halogens is 1. The number of nitrogens with zero attached hydrogens (tertiary/aromatic N) is 4. The van der Waals surface area contributed by atoms with Crippen molar-refractivity contribution in [2.45, 2.75) is 17.3 Å². The van der Waals surface area contributed by atoms with Crippen LogP contribution >= 0.6 is 11.8 Å². The zero-order valence-corrected chi connectivity index (χ0v) is 14.1. The molecule has 0 aliphatic heterocycles. The van der Waals surface area contributed by atoms with E-state index in [1.165, 1.54) is 22.9 Å². The molecule has 1 atom stereocenters. The first kappa shape index (κ1) is 16.9. The third-order valence-corrected chi connectivity index (χ3v) is 4.36. The number of hydrogen-bond donors (Lipinski definition) is 2. The normalized spacial score (nSPS) is 11.9. The average Bonchev–Trinajstić information content (AvgIpc) is 2.96. The van der Waals surface area contributed by atoms with Crippen molar-refractivity contribution in [1.82, 2.24) is 19.9 Å². The van der Waals surface area contributed by atoms with Gasteiger partial charge in [-0.25, -0.2) is 9.07 Å². The van der Waals surface area contributed by atoms with Crippen molar-refractivity contribution in [3.63, 3.8) is 0 Å². The molecule has 7 nitrogen and oxygen atoms in total. The molecule has 25 heavy (non-hydrogen) atoms.